The Balaban J connectivity index is 1.50. The number of amides is 4. The Labute approximate surface area is 165 Å². The highest BCUT2D eigenvalue weighted by molar-refractivity contribution is 6.09. The van der Waals surface area contributed by atoms with Crippen molar-refractivity contribution in [3.8, 4) is 5.75 Å². The molecule has 2 N–H and O–H groups in total. The van der Waals surface area contributed by atoms with Crippen LogP contribution in [0.2, 0.25) is 0 Å². The Morgan fingerprint density at radius 3 is 2.54 bits per heavy atom. The van der Waals surface area contributed by atoms with Crippen molar-refractivity contribution in [2.24, 2.45) is 5.92 Å². The number of rotatable bonds is 7. The third-order valence-electron chi connectivity index (χ3n) is 5.92. The number of ether oxygens (including phenoxy) is 1. The van der Waals surface area contributed by atoms with Crippen molar-refractivity contribution < 1.29 is 19.1 Å². The topological polar surface area (TPSA) is 87.7 Å². The van der Waals surface area contributed by atoms with Gasteiger partial charge in [-0.1, -0.05) is 31.4 Å². The molecule has 1 saturated carbocycles. The fourth-order valence-electron chi connectivity index (χ4n) is 4.15. The number of hydrogen-bond donors (Lipinski definition) is 2. The van der Waals surface area contributed by atoms with E-state index < -0.39 is 11.6 Å². The molecule has 1 saturated heterocycles. The highest BCUT2D eigenvalue weighted by Crippen LogP contribution is 2.36. The molecule has 1 heterocycles. The molecular weight excluding hydrogens is 358 g/mol. The number of urea groups is 1. The van der Waals surface area contributed by atoms with E-state index in [-0.39, 0.29) is 24.3 Å². The average molecular weight is 387 g/mol. The van der Waals surface area contributed by atoms with E-state index in [2.05, 4.69) is 10.6 Å². The molecule has 4 amide bonds. The normalized spacial score (nSPS) is 22.9. The predicted octanol–water partition coefficient (Wildman–Crippen LogP) is 2.24. The number of methoxy groups -OCH3 is 1. The van der Waals surface area contributed by atoms with Gasteiger partial charge in [-0.3, -0.25) is 14.5 Å². The number of nitrogens with zero attached hydrogens (tertiary/aromatic N) is 1. The first-order valence-corrected chi connectivity index (χ1v) is 9.98. The summed E-state index contributed by atoms with van der Waals surface area (Å²) in [5.74, 6) is 0.313. The maximum absolute atomic E-state index is 12.9. The fraction of sp³-hybridized carbons (Fsp3) is 0.571. The fourth-order valence-corrected chi connectivity index (χ4v) is 4.15. The van der Waals surface area contributed by atoms with Crippen LogP contribution in [0.25, 0.3) is 0 Å². The van der Waals surface area contributed by atoms with Gasteiger partial charge in [0.05, 0.1) is 7.11 Å². The van der Waals surface area contributed by atoms with E-state index in [0.29, 0.717) is 13.0 Å². The van der Waals surface area contributed by atoms with E-state index in [1.54, 1.807) is 14.0 Å². The van der Waals surface area contributed by atoms with Crippen LogP contribution in [-0.4, -0.2) is 48.5 Å². The molecule has 0 unspecified atom stereocenters. The summed E-state index contributed by atoms with van der Waals surface area (Å²) in [5, 5.41) is 5.63. The molecule has 0 bridgehead atoms. The van der Waals surface area contributed by atoms with Crippen LogP contribution in [-0.2, 0) is 16.0 Å². The molecule has 3 rings (SSSR count). The van der Waals surface area contributed by atoms with Crippen LogP contribution >= 0.6 is 0 Å². The van der Waals surface area contributed by atoms with Gasteiger partial charge in [0.25, 0.3) is 5.91 Å². The first-order valence-electron chi connectivity index (χ1n) is 9.98. The van der Waals surface area contributed by atoms with Gasteiger partial charge in [0.1, 0.15) is 17.8 Å². The zero-order valence-corrected chi connectivity index (χ0v) is 16.6. The van der Waals surface area contributed by atoms with Crippen molar-refractivity contribution in [1.82, 2.24) is 15.5 Å². The lowest BCUT2D eigenvalue weighted by Crippen LogP contribution is -2.51. The zero-order valence-electron chi connectivity index (χ0n) is 16.6. The van der Waals surface area contributed by atoms with Crippen molar-refractivity contribution in [1.29, 1.82) is 0 Å². The van der Waals surface area contributed by atoms with Crippen LogP contribution in [0.4, 0.5) is 4.79 Å². The molecule has 7 heteroatoms. The Bertz CT molecular complexity index is 728. The van der Waals surface area contributed by atoms with Crippen LogP contribution in [0, 0.1) is 5.92 Å². The highest BCUT2D eigenvalue weighted by atomic mass is 16.5. The maximum Gasteiger partial charge on any atom is 0.325 e. The second kappa shape index (κ2) is 8.63. The summed E-state index contributed by atoms with van der Waals surface area (Å²) in [6, 6.07) is 7.16. The van der Waals surface area contributed by atoms with Crippen LogP contribution in [0.5, 0.6) is 5.75 Å². The van der Waals surface area contributed by atoms with Crippen molar-refractivity contribution in [2.75, 3.05) is 20.2 Å². The predicted molar refractivity (Wildman–Crippen MR) is 105 cm³/mol. The highest BCUT2D eigenvalue weighted by Gasteiger charge is 2.52. The number of imide groups is 1. The van der Waals surface area contributed by atoms with Gasteiger partial charge in [-0.15, -0.1) is 0 Å². The summed E-state index contributed by atoms with van der Waals surface area (Å²) >= 11 is 0. The maximum atomic E-state index is 12.9. The smallest absolute Gasteiger partial charge is 0.325 e. The molecule has 7 nitrogen and oxygen atoms in total. The third-order valence-corrected chi connectivity index (χ3v) is 5.92. The second-order valence-corrected chi connectivity index (χ2v) is 7.81. The average Bonchev–Trinajstić information content (AvgIpc) is 2.93. The lowest BCUT2D eigenvalue weighted by molar-refractivity contribution is -0.136. The number of hydrogen-bond acceptors (Lipinski definition) is 4. The summed E-state index contributed by atoms with van der Waals surface area (Å²) in [5.41, 5.74) is 0.182. The summed E-state index contributed by atoms with van der Waals surface area (Å²) in [6.45, 7) is 2.00. The van der Waals surface area contributed by atoms with Gasteiger partial charge < -0.3 is 15.4 Å². The molecule has 0 radical (unpaired) electrons. The molecule has 28 heavy (non-hydrogen) atoms. The van der Waals surface area contributed by atoms with E-state index in [1.807, 2.05) is 24.3 Å². The standard InChI is InChI=1S/C21H29N3O4/c1-21(16-6-4-3-5-7-16)19(26)24(20(27)23-21)14-18(25)22-13-12-15-8-10-17(28-2)11-9-15/h8-11,16H,3-7,12-14H2,1-2H3,(H,22,25)(H,23,27)/t21-/m0/s1. The molecule has 1 aromatic carbocycles. The van der Waals surface area contributed by atoms with Crippen molar-refractivity contribution >= 4 is 17.8 Å². The van der Waals surface area contributed by atoms with E-state index >= 15 is 0 Å². The third kappa shape index (κ3) is 4.29. The Hall–Kier alpha value is -2.57. The SMILES string of the molecule is COc1ccc(CCNC(=O)CN2C(=O)N[C@@](C)(C3CCCCC3)C2=O)cc1. The number of carbonyl (C=O) groups is 3. The minimum atomic E-state index is -0.888. The van der Waals surface area contributed by atoms with Crippen molar-refractivity contribution in [3.63, 3.8) is 0 Å². The minimum absolute atomic E-state index is 0.140. The number of carbonyl (C=O) groups excluding carboxylic acids is 3. The molecule has 0 spiro atoms. The van der Waals surface area contributed by atoms with Crippen LogP contribution in [0.3, 0.4) is 0 Å². The first-order chi connectivity index (χ1) is 13.4. The van der Waals surface area contributed by atoms with E-state index in [4.69, 9.17) is 4.74 Å². The Morgan fingerprint density at radius 1 is 1.21 bits per heavy atom. The zero-order chi connectivity index (χ0) is 20.1. The molecule has 0 aromatic heterocycles. The monoisotopic (exact) mass is 387 g/mol. The Kier molecular flexibility index (Phi) is 6.21. The van der Waals surface area contributed by atoms with Crippen LogP contribution in [0.15, 0.2) is 24.3 Å². The molecule has 1 atom stereocenters. The molecule has 1 aliphatic heterocycles. The van der Waals surface area contributed by atoms with Gasteiger partial charge in [0, 0.05) is 6.54 Å². The van der Waals surface area contributed by atoms with E-state index in [1.165, 1.54) is 6.42 Å². The lowest BCUT2D eigenvalue weighted by atomic mass is 9.75. The second-order valence-electron chi connectivity index (χ2n) is 7.81. The summed E-state index contributed by atoms with van der Waals surface area (Å²) < 4.78 is 5.12. The molecule has 2 fully saturated rings. The largest absolute Gasteiger partial charge is 0.497 e. The van der Waals surface area contributed by atoms with Gasteiger partial charge in [-0.25, -0.2) is 4.79 Å². The quantitative estimate of drug-likeness (QED) is 0.703. The molecule has 2 aliphatic rings. The van der Waals surface area contributed by atoms with Crippen LogP contribution < -0.4 is 15.4 Å². The van der Waals surface area contributed by atoms with Gasteiger partial charge >= 0.3 is 6.03 Å². The van der Waals surface area contributed by atoms with E-state index in [0.717, 1.165) is 41.9 Å². The minimum Gasteiger partial charge on any atom is -0.497 e. The van der Waals surface area contributed by atoms with Gasteiger partial charge in [0.15, 0.2) is 0 Å². The van der Waals surface area contributed by atoms with Gasteiger partial charge in [-0.05, 0) is 49.8 Å². The molecule has 152 valence electrons. The molecule has 1 aliphatic carbocycles. The summed E-state index contributed by atoms with van der Waals surface area (Å²) in [4.78, 5) is 38.5. The van der Waals surface area contributed by atoms with Crippen LogP contribution in [0.1, 0.15) is 44.6 Å². The van der Waals surface area contributed by atoms with Gasteiger partial charge in [-0.2, -0.15) is 0 Å². The summed E-state index contributed by atoms with van der Waals surface area (Å²) in [7, 11) is 1.62. The first kappa shape index (κ1) is 20.2. The van der Waals surface area contributed by atoms with Gasteiger partial charge in [0.2, 0.25) is 5.91 Å². The van der Waals surface area contributed by atoms with Crippen molar-refractivity contribution in [3.05, 3.63) is 29.8 Å². The summed E-state index contributed by atoms with van der Waals surface area (Å²) in [6.07, 6.45) is 5.87. The Morgan fingerprint density at radius 2 is 1.89 bits per heavy atom. The molecule has 1 aromatic rings. The lowest BCUT2D eigenvalue weighted by Gasteiger charge is -2.34. The number of benzene rings is 1. The van der Waals surface area contributed by atoms with Crippen molar-refractivity contribution in [2.45, 2.75) is 51.0 Å². The number of nitrogens with one attached hydrogen (secondary N) is 2. The molecular formula is C21H29N3O4. The van der Waals surface area contributed by atoms with E-state index in [9.17, 15) is 14.4 Å².